The first-order chi connectivity index (χ1) is 70.1. The molecule has 44 nitrogen and oxygen atoms in total. The molecular weight excluding hydrogens is 2070 g/mol. The van der Waals surface area contributed by atoms with Crippen LogP contribution in [0.25, 0.3) is 0 Å². The van der Waals surface area contributed by atoms with E-state index in [9.17, 15) is 34.2 Å². The summed E-state index contributed by atoms with van der Waals surface area (Å²) in [5.41, 5.74) is 11.4. The molecule has 0 saturated carbocycles. The Bertz CT molecular complexity index is 5940. The van der Waals surface area contributed by atoms with Crippen molar-refractivity contribution in [1.29, 1.82) is 0 Å². The Labute approximate surface area is 912 Å². The number of hydrazine groups is 1. The molecule has 15 heterocycles. The van der Waals surface area contributed by atoms with Crippen molar-refractivity contribution >= 4 is 108 Å². The molecule has 0 bridgehead atoms. The molecule has 790 valence electrons. The number of halogens is 5. The predicted octanol–water partition coefficient (Wildman–Crippen LogP) is 7.84. The minimum atomic E-state index is -1.44. The summed E-state index contributed by atoms with van der Waals surface area (Å²) in [5.74, 6) is 5.17. The summed E-state index contributed by atoms with van der Waals surface area (Å²) >= 11 is 21.0. The number of nitrogen functional groups attached to an aromatic ring is 1. The van der Waals surface area contributed by atoms with Gasteiger partial charge in [-0.2, -0.15) is 44.9 Å². The van der Waals surface area contributed by atoms with E-state index in [-0.39, 0.29) is 146 Å². The number of methoxy groups -OCH3 is 4. The molecule has 0 atom stereocenters. The van der Waals surface area contributed by atoms with Crippen molar-refractivity contribution in [1.82, 2.24) is 89.7 Å². The minimum absolute atomic E-state index is 0. The summed E-state index contributed by atoms with van der Waals surface area (Å²) in [7, 11) is 5.09. The molecule has 3 fully saturated rings. The van der Waals surface area contributed by atoms with E-state index in [4.69, 9.17) is 103 Å². The van der Waals surface area contributed by atoms with Gasteiger partial charge in [-0.3, -0.25) is 45.2 Å². The number of nitrogens with one attached hydrogen (secondary N) is 1. The maximum absolute atomic E-state index is 11.9. The van der Waals surface area contributed by atoms with Crippen molar-refractivity contribution < 1.29 is 149 Å². The van der Waals surface area contributed by atoms with Gasteiger partial charge in [0.05, 0.1) is 113 Å². The van der Waals surface area contributed by atoms with E-state index in [1.165, 1.54) is 52.2 Å². The summed E-state index contributed by atoms with van der Waals surface area (Å²) in [6.07, 6.45) is 14.8. The first-order valence-electron chi connectivity index (χ1n) is 44.0. The molecule has 52 heteroatoms. The Kier molecular flexibility index (Phi) is 66.1. The number of nitrogens with zero attached hydrogens (tertiary/aromatic N) is 21. The Balaban J connectivity index is 0.000000584. The number of anilines is 4. The summed E-state index contributed by atoms with van der Waals surface area (Å²) in [5, 5.41) is 19.5. The van der Waals surface area contributed by atoms with Gasteiger partial charge in [0.15, 0.2) is 29.1 Å². The summed E-state index contributed by atoms with van der Waals surface area (Å²) in [4.78, 5) is 136. The van der Waals surface area contributed by atoms with E-state index in [0.717, 1.165) is 71.8 Å². The molecule has 3 aliphatic heterocycles. The average molecular weight is 2190 g/mol. The van der Waals surface area contributed by atoms with Crippen LogP contribution in [0.3, 0.4) is 0 Å². The number of ether oxygens (including phenoxy) is 12. The summed E-state index contributed by atoms with van der Waals surface area (Å²) in [6.45, 7) is 12.0. The maximum atomic E-state index is 11.9. The topological polar surface area (TPSA) is 553 Å². The van der Waals surface area contributed by atoms with Crippen LogP contribution in [0.4, 0.5) is 27.8 Å². The number of nitrogens with two attached hydrogens (primary N) is 1. The van der Waals surface area contributed by atoms with Gasteiger partial charge in [0.1, 0.15) is 33.5 Å². The number of carbonyl (C=O) groups excluding carboxylic acids is 5. The zero-order valence-electron chi connectivity index (χ0n) is 80.8. The number of rotatable bonds is 32. The van der Waals surface area contributed by atoms with Crippen molar-refractivity contribution in [2.75, 3.05) is 167 Å². The third kappa shape index (κ3) is 50.8. The molecule has 3 aliphatic rings. The van der Waals surface area contributed by atoms with Crippen LogP contribution < -0.4 is 84.3 Å². The van der Waals surface area contributed by atoms with E-state index >= 15 is 0 Å². The van der Waals surface area contributed by atoms with Crippen molar-refractivity contribution in [2.24, 2.45) is 5.84 Å². The van der Waals surface area contributed by atoms with E-state index in [0.29, 0.717) is 154 Å². The molecule has 1 aromatic carbocycles. The standard InChI is InChI=1S/C17H20N4O4.C16H20N4O3.C16H18N4O3.2C13H12ClN3O3.C7H10N2.C7H8NO.C6H4Cl2N2O2.2CH4.B.FH.Mn.Na.2O.H2/c1-23-16(22)14-12-15(21-7-10-24-11-8-21)20-17(19-14)25-9-5-13-4-2-3-6-18-13;2*21-12-14-11-15(20-6-9-22-10-7-20)19-16(18-14)23-8-4-13-3-1-2-5-17-13;1-19-12(18)10-8-11(17-13(14)16-10)20-7-5-9-4-2-3-6-15-9;1-19-12(18)10-8-11(14)17-13(16-10)20-7-5-9-4-2-3-6-15-9;1-6-3-2-4-7(5-6)9-8;9-6-4-7-3-1-2-5-8-7;1-12-5(11)3-2-4(7)10-6(8)9-3;;;;;;;;;/h2-4,6,12H,5,7-11H2,1H3;1-3,5,11,21H,4,6-10,12H2;1-3,5,11-12H,4,6-10H2;2*2-4,6,8H,5,7H2,1H3;2-5,9H,8H2,1H3;1-3,5H,4,6H2;2H,1H3;2*1H4;;1H;;;;;1H/q;;;;;;-1;;;;;;;+1;;;/i;;;;;;;;;;;;;;;;1+1. The van der Waals surface area contributed by atoms with Crippen LogP contribution in [0.1, 0.15) is 114 Å². The van der Waals surface area contributed by atoms with Crippen LogP contribution in [-0.4, -0.2) is 280 Å². The fourth-order valence-corrected chi connectivity index (χ4v) is 12.8. The first-order valence-corrected chi connectivity index (χ1v) is 46.5. The Morgan fingerprint density at radius 1 is 0.416 bits per heavy atom. The number of hydrogen-bond acceptors (Lipinski definition) is 44. The number of carbonyl (C=O) groups is 5. The van der Waals surface area contributed by atoms with Crippen molar-refractivity contribution in [3.63, 3.8) is 0 Å². The third-order valence-electron chi connectivity index (χ3n) is 18.9. The Morgan fingerprint density at radius 3 is 1.07 bits per heavy atom. The third-order valence-corrected chi connectivity index (χ3v) is 19.6. The van der Waals surface area contributed by atoms with E-state index in [1.54, 1.807) is 55.4 Å². The molecule has 0 unspecified atom stereocenters. The zero-order valence-corrected chi connectivity index (χ0v) is 87.0. The molecule has 3 radical (unpaired) electrons. The molecule has 0 amide bonds. The molecule has 4 N–H and O–H groups in total. The van der Waals surface area contributed by atoms with Gasteiger partial charge in [-0.05, 0) is 127 Å². The Morgan fingerprint density at radius 2 is 0.738 bits per heavy atom. The second-order valence-corrected chi connectivity index (χ2v) is 30.5. The van der Waals surface area contributed by atoms with Gasteiger partial charge in [0.25, 0.3) is 0 Å². The van der Waals surface area contributed by atoms with Crippen LogP contribution in [0.2, 0.25) is 20.9 Å². The number of aliphatic hydroxyl groups excluding tert-OH is 1. The van der Waals surface area contributed by atoms with Gasteiger partial charge < -0.3 is 87.2 Å². The van der Waals surface area contributed by atoms with E-state index in [2.05, 4.69) is 119 Å². The fraction of sp³-hybridized carbons (Fsp3) is 0.330. The molecule has 0 aliphatic carbocycles. The second-order valence-electron chi connectivity index (χ2n) is 28.9. The Hall–Kier alpha value is -13.6. The monoisotopic (exact) mass is 2190 g/mol. The van der Waals surface area contributed by atoms with Crippen LogP contribution in [0.15, 0.2) is 207 Å². The number of aromatic nitrogens is 18. The quantitative estimate of drug-likeness (QED) is 0.00528. The van der Waals surface area contributed by atoms with E-state index < -0.39 is 38.7 Å². The van der Waals surface area contributed by atoms with Crippen LogP contribution in [-0.2, 0) is 101 Å². The number of pyridine rings is 6. The van der Waals surface area contributed by atoms with E-state index in [1.807, 2.05) is 145 Å². The fourth-order valence-electron chi connectivity index (χ4n) is 12.0. The zero-order chi connectivity index (χ0) is 103. The summed E-state index contributed by atoms with van der Waals surface area (Å²) < 4.78 is 78.9. The predicted molar refractivity (Wildman–Crippen MR) is 542 cm³/mol. The van der Waals surface area contributed by atoms with Gasteiger partial charge in [-0.15, -0.1) is 6.61 Å². The van der Waals surface area contributed by atoms with Crippen molar-refractivity contribution in [3.05, 3.63) is 302 Å². The molecule has 149 heavy (non-hydrogen) atoms. The second kappa shape index (κ2) is 76.0. The number of aldehydes is 1. The SMILES string of the molecule is C.C.COC(=O)c1cc(Cl)nc(Cl)n1.COC(=O)c1cc(Cl)nc(OCCc2ccccn2)n1.COC(=O)c1cc(N2CCOCC2)nc(OCCc2ccccn2)n1.COC(=O)c1cc(OCCc2ccccn2)nc(Cl)n1.Cc1cccc(NN)c1.F.O=Cc1cc(N2CCOCC2)nc(OCCc2ccccn2)n1.OCc1cc(N2CCOCC2)nc(OCCc2ccccn2)n1.[2HH].[B].[Na+].[O-]CCc1ccccn1.[O]=[Mn]=[O]. The van der Waals surface area contributed by atoms with Gasteiger partial charge in [-0.1, -0.05) is 86.6 Å². The number of benzene rings is 1. The number of morpholine rings is 3. The van der Waals surface area contributed by atoms with Crippen molar-refractivity contribution in [3.8, 4) is 29.9 Å². The van der Waals surface area contributed by atoms with Gasteiger partial charge in [0, 0.05) is 195 Å². The van der Waals surface area contributed by atoms with Gasteiger partial charge in [-0.25, -0.2) is 34.1 Å². The average Bonchev–Trinajstić information content (AvgIpc) is 0.861. The molecule has 13 aromatic rings. The van der Waals surface area contributed by atoms with Crippen LogP contribution >= 0.6 is 46.4 Å². The van der Waals surface area contributed by atoms with Crippen LogP contribution in [0, 0.1) is 6.92 Å². The molecule has 0 spiro atoms. The van der Waals surface area contributed by atoms with Gasteiger partial charge >= 0.3 is 100.0 Å². The normalized spacial score (nSPS) is 11.6. The number of aliphatic hydroxyl groups is 1. The number of esters is 4. The molecular formula is C97H115BCl4FMnN23NaO21. The number of aryl methyl sites for hydroxylation is 1. The number of hydrogen-bond donors (Lipinski definition) is 3. The molecule has 12 aromatic heterocycles. The summed E-state index contributed by atoms with van der Waals surface area (Å²) in [6, 6.07) is 51.7. The van der Waals surface area contributed by atoms with Crippen LogP contribution in [0.5, 0.6) is 29.9 Å². The molecule has 16 rings (SSSR count). The first kappa shape index (κ1) is 130. The molecule has 3 saturated heterocycles. The van der Waals surface area contributed by atoms with Gasteiger partial charge in [0.2, 0.25) is 16.4 Å². The van der Waals surface area contributed by atoms with Crippen molar-refractivity contribution in [2.45, 2.75) is 66.9 Å².